The molecular weight excluding hydrogens is 735 g/mol. The molecule has 55 heavy (non-hydrogen) atoms. The fraction of sp³-hybridized carbons (Fsp3) is 0.432. The van der Waals surface area contributed by atoms with Gasteiger partial charge in [-0.15, -0.1) is 0 Å². The van der Waals surface area contributed by atoms with E-state index < -0.39 is 59.7 Å². The van der Waals surface area contributed by atoms with Crippen molar-refractivity contribution in [3.8, 4) is 0 Å². The summed E-state index contributed by atoms with van der Waals surface area (Å²) in [7, 11) is -5.35. The number of alkyl halides is 2. The number of benzene rings is 4. The number of carbonyl (C=O) groups excluding carboxylic acids is 1. The molecule has 2 aliphatic rings. The van der Waals surface area contributed by atoms with Crippen molar-refractivity contribution < 1.29 is 41.7 Å². The lowest BCUT2D eigenvalue weighted by molar-refractivity contribution is -0.181. The number of aliphatic hydroxyl groups excluding tert-OH is 1. The molecule has 0 spiro atoms. The Morgan fingerprint density at radius 1 is 0.618 bits per heavy atom. The Hall–Kier alpha value is -3.56. The predicted molar refractivity (Wildman–Crippen MR) is 217 cm³/mol. The van der Waals surface area contributed by atoms with E-state index >= 15 is 0 Å². The normalized spacial score (nSPS) is 23.2. The van der Waals surface area contributed by atoms with E-state index in [2.05, 4.69) is 90.1 Å². The summed E-state index contributed by atoms with van der Waals surface area (Å²) in [4.78, 5) is 11.2. The zero-order chi connectivity index (χ0) is 39.9. The molecule has 0 aliphatic carbocycles. The van der Waals surface area contributed by atoms with E-state index in [1.54, 1.807) is 0 Å². The minimum Gasteiger partial charge on any atom is -0.433 e. The monoisotopic (exact) mass is 790 g/mol. The highest BCUT2D eigenvalue weighted by Gasteiger charge is 2.52. The first-order chi connectivity index (χ1) is 26.1. The topological polar surface area (TPSA) is 83.5 Å². The van der Waals surface area contributed by atoms with Crippen LogP contribution in [0.25, 0.3) is 0 Å². The molecule has 4 aromatic rings. The Balaban J connectivity index is 0.000000212. The summed E-state index contributed by atoms with van der Waals surface area (Å²) in [5.41, 5.74) is 0. The van der Waals surface area contributed by atoms with E-state index in [-0.39, 0.29) is 36.1 Å². The van der Waals surface area contributed by atoms with Crippen LogP contribution in [0.1, 0.15) is 61.3 Å². The van der Waals surface area contributed by atoms with Gasteiger partial charge in [-0.05, 0) is 30.8 Å². The fourth-order valence-corrected chi connectivity index (χ4v) is 17.0. The summed E-state index contributed by atoms with van der Waals surface area (Å²) in [6, 6.07) is 41.1. The van der Waals surface area contributed by atoms with Gasteiger partial charge in [0, 0.05) is 19.8 Å². The Morgan fingerprint density at radius 3 is 1.24 bits per heavy atom. The van der Waals surface area contributed by atoms with E-state index in [0.717, 1.165) is 10.4 Å². The molecule has 0 amide bonds. The van der Waals surface area contributed by atoms with Crippen LogP contribution >= 0.6 is 0 Å². The molecule has 6 rings (SSSR count). The quantitative estimate of drug-likeness (QED) is 0.136. The molecule has 11 heteroatoms. The Kier molecular flexibility index (Phi) is 14.0. The molecule has 2 heterocycles. The highest BCUT2D eigenvalue weighted by Crippen LogP contribution is 2.39. The van der Waals surface area contributed by atoms with Crippen LogP contribution in [0.2, 0.25) is 10.1 Å². The van der Waals surface area contributed by atoms with Crippen molar-refractivity contribution in [1.29, 1.82) is 0 Å². The van der Waals surface area contributed by atoms with Crippen LogP contribution in [-0.4, -0.2) is 78.1 Å². The summed E-state index contributed by atoms with van der Waals surface area (Å²) in [5, 5.41) is 13.9. The van der Waals surface area contributed by atoms with Crippen molar-refractivity contribution in [1.82, 2.24) is 0 Å². The molecule has 4 aromatic carbocycles. The van der Waals surface area contributed by atoms with Crippen LogP contribution in [0, 0.1) is 0 Å². The second kappa shape index (κ2) is 18.1. The van der Waals surface area contributed by atoms with Gasteiger partial charge in [0.2, 0.25) is 6.29 Å². The summed E-state index contributed by atoms with van der Waals surface area (Å²) < 4.78 is 57.3. The van der Waals surface area contributed by atoms with Crippen LogP contribution in [0.3, 0.4) is 0 Å². The second-order valence-corrected chi connectivity index (χ2v) is 24.9. The van der Waals surface area contributed by atoms with Gasteiger partial charge in [0.15, 0.2) is 18.6 Å². The predicted octanol–water partition coefficient (Wildman–Crippen LogP) is 6.59. The molecule has 6 atom stereocenters. The molecule has 0 saturated carbocycles. The van der Waals surface area contributed by atoms with Gasteiger partial charge in [0.05, 0.1) is 25.4 Å². The summed E-state index contributed by atoms with van der Waals surface area (Å²) in [5.74, 6) is -0.550. The van der Waals surface area contributed by atoms with Crippen LogP contribution in [-0.2, 0) is 27.9 Å². The van der Waals surface area contributed by atoms with Gasteiger partial charge in [-0.25, -0.2) is 8.78 Å². The van der Waals surface area contributed by atoms with Crippen molar-refractivity contribution in [2.75, 3.05) is 13.2 Å². The third-order valence-electron chi connectivity index (χ3n) is 10.3. The van der Waals surface area contributed by atoms with E-state index in [0.29, 0.717) is 0 Å². The molecule has 1 N–H and O–H groups in total. The lowest BCUT2D eigenvalue weighted by atomic mass is 10.2. The molecule has 2 aliphatic heterocycles. The first kappa shape index (κ1) is 42.6. The average Bonchev–Trinajstić information content (AvgIpc) is 3.67. The Bertz CT molecular complexity index is 1680. The van der Waals surface area contributed by atoms with Crippen molar-refractivity contribution >= 4 is 43.4 Å². The number of rotatable bonds is 11. The van der Waals surface area contributed by atoms with Gasteiger partial charge in [-0.1, -0.05) is 163 Å². The lowest BCUT2D eigenvalue weighted by Gasteiger charge is -2.43. The van der Waals surface area contributed by atoms with Gasteiger partial charge in [-0.3, -0.25) is 4.79 Å². The SMILES string of the molecule is CC(=O)O[C@@H]1O[C@H](CO[Si](c2ccccc2)(c2ccccc2)C(C)(C)C)CC1F.CC(C)(C)[Si](OC[C@@H]1CC(F)[C@H](O)O1)(c1ccccc1)c1ccccc1. The van der Waals surface area contributed by atoms with Crippen LogP contribution in [0.5, 0.6) is 0 Å². The van der Waals surface area contributed by atoms with E-state index in [9.17, 15) is 18.7 Å². The lowest BCUT2D eigenvalue weighted by Crippen LogP contribution is -2.67. The number of esters is 1. The van der Waals surface area contributed by atoms with Crippen molar-refractivity contribution in [3.63, 3.8) is 0 Å². The summed E-state index contributed by atoms with van der Waals surface area (Å²) in [6.07, 6.45) is -5.76. The molecule has 7 nitrogen and oxygen atoms in total. The largest absolute Gasteiger partial charge is 0.433 e. The van der Waals surface area contributed by atoms with Crippen LogP contribution in [0.15, 0.2) is 121 Å². The number of halogens is 2. The number of carbonyl (C=O) groups is 1. The minimum atomic E-state index is -2.70. The third-order valence-corrected chi connectivity index (χ3v) is 20.3. The van der Waals surface area contributed by atoms with E-state index in [4.69, 9.17) is 23.1 Å². The Morgan fingerprint density at radius 2 is 0.945 bits per heavy atom. The highest BCUT2D eigenvalue weighted by molar-refractivity contribution is 7.00. The fourth-order valence-electron chi connectivity index (χ4n) is 7.84. The highest BCUT2D eigenvalue weighted by atomic mass is 28.4. The zero-order valence-corrected chi connectivity index (χ0v) is 35.0. The maximum Gasteiger partial charge on any atom is 0.305 e. The molecule has 0 radical (unpaired) electrons. The number of ether oxygens (including phenoxy) is 3. The zero-order valence-electron chi connectivity index (χ0n) is 33.0. The first-order valence-corrected chi connectivity index (χ1v) is 22.8. The van der Waals surface area contributed by atoms with Gasteiger partial charge < -0.3 is 28.2 Å². The molecular formula is C44H56F2O7Si2. The minimum absolute atomic E-state index is 0.137. The van der Waals surface area contributed by atoms with Gasteiger partial charge in [0.1, 0.15) is 0 Å². The molecule has 0 aromatic heterocycles. The van der Waals surface area contributed by atoms with E-state index in [1.165, 1.54) is 17.3 Å². The average molecular weight is 791 g/mol. The second-order valence-electron chi connectivity index (χ2n) is 16.3. The van der Waals surface area contributed by atoms with Gasteiger partial charge in [-0.2, -0.15) is 0 Å². The van der Waals surface area contributed by atoms with Crippen molar-refractivity contribution in [2.24, 2.45) is 0 Å². The van der Waals surface area contributed by atoms with Gasteiger partial charge >= 0.3 is 5.97 Å². The smallest absolute Gasteiger partial charge is 0.305 e. The summed E-state index contributed by atoms with van der Waals surface area (Å²) in [6.45, 7) is 14.9. The van der Waals surface area contributed by atoms with E-state index in [1.807, 2.05) is 72.8 Å². The maximum atomic E-state index is 14.3. The molecule has 296 valence electrons. The maximum absolute atomic E-state index is 14.3. The van der Waals surface area contributed by atoms with Crippen molar-refractivity contribution in [2.45, 2.75) is 109 Å². The third kappa shape index (κ3) is 9.71. The molecule has 0 bridgehead atoms. The van der Waals surface area contributed by atoms with Gasteiger partial charge in [0.25, 0.3) is 16.6 Å². The first-order valence-electron chi connectivity index (χ1n) is 19.0. The summed E-state index contributed by atoms with van der Waals surface area (Å²) >= 11 is 0. The number of hydrogen-bond donors (Lipinski definition) is 1. The standard InChI is InChI=1S/C23H29FO4Si.C21H27FO3Si/c1-17(25)27-22-21(24)15-18(28-22)16-26-29(23(2,3)4,19-11-7-5-8-12-19)20-13-9-6-10-14-20;1-21(2,3)26(17-10-6-4-7-11-17,18-12-8-5-9-13-18)24-15-16-14-19(22)20(23)25-16/h5-14,18,21-22H,15-16H2,1-4H3;4-13,16,19-20,23H,14-15H2,1-3H3/t18-,21?,22+;16-,19?,20+/m00/s1. The Labute approximate surface area is 327 Å². The van der Waals surface area contributed by atoms with Crippen LogP contribution < -0.4 is 20.7 Å². The number of hydrogen-bond acceptors (Lipinski definition) is 7. The van der Waals surface area contributed by atoms with Crippen LogP contribution in [0.4, 0.5) is 8.78 Å². The molecule has 2 fully saturated rings. The van der Waals surface area contributed by atoms with Crippen molar-refractivity contribution in [3.05, 3.63) is 121 Å². The molecule has 2 unspecified atom stereocenters. The molecule has 2 saturated heterocycles. The number of aliphatic hydroxyl groups is 1.